The molecule has 114 valence electrons. The lowest BCUT2D eigenvalue weighted by Gasteiger charge is -2.19. The van der Waals surface area contributed by atoms with Gasteiger partial charge < -0.3 is 0 Å². The van der Waals surface area contributed by atoms with Crippen molar-refractivity contribution in [3.05, 3.63) is 69.8 Å². The van der Waals surface area contributed by atoms with E-state index in [1.807, 2.05) is 12.1 Å². The van der Waals surface area contributed by atoms with E-state index in [0.717, 1.165) is 5.56 Å². The second-order valence-corrected chi connectivity index (χ2v) is 6.99. The van der Waals surface area contributed by atoms with Crippen LogP contribution in [0.5, 0.6) is 0 Å². The first kappa shape index (κ1) is 14.5. The largest absolute Gasteiger partial charge is 0.273 e. The van der Waals surface area contributed by atoms with Crippen molar-refractivity contribution in [2.24, 2.45) is 0 Å². The maximum Gasteiger partial charge on any atom is 0.273 e. The zero-order valence-electron chi connectivity index (χ0n) is 11.7. The second-order valence-electron chi connectivity index (χ2n) is 5.09. The zero-order valence-corrected chi connectivity index (χ0v) is 12.5. The summed E-state index contributed by atoms with van der Waals surface area (Å²) in [7, 11) is -3.65. The number of sulfonamides is 1. The Morgan fingerprint density at radius 3 is 2.55 bits per heavy atom. The minimum Gasteiger partial charge on any atom is -0.269 e. The molecule has 1 aliphatic rings. The lowest BCUT2D eigenvalue weighted by Crippen LogP contribution is -2.30. The van der Waals surface area contributed by atoms with Gasteiger partial charge in [0.1, 0.15) is 5.75 Å². The number of nitrogens with zero attached hydrogens (tertiary/aromatic N) is 2. The number of hydrogen-bond donors (Lipinski definition) is 0. The monoisotopic (exact) mass is 318 g/mol. The molecule has 0 saturated carbocycles. The molecule has 1 heterocycles. The minimum atomic E-state index is -3.65. The highest BCUT2D eigenvalue weighted by atomic mass is 32.2. The van der Waals surface area contributed by atoms with Crippen LogP contribution in [-0.4, -0.2) is 19.9 Å². The smallest absolute Gasteiger partial charge is 0.269 e. The summed E-state index contributed by atoms with van der Waals surface area (Å²) < 4.78 is 26.6. The fourth-order valence-electron chi connectivity index (χ4n) is 2.68. The number of benzene rings is 2. The van der Waals surface area contributed by atoms with Gasteiger partial charge in [-0.2, -0.15) is 0 Å². The molecule has 0 fully saturated rings. The van der Waals surface area contributed by atoms with Crippen molar-refractivity contribution in [2.45, 2.75) is 12.2 Å². The van der Waals surface area contributed by atoms with Crippen molar-refractivity contribution in [1.82, 2.24) is 0 Å². The van der Waals surface area contributed by atoms with Gasteiger partial charge in [0.25, 0.3) is 5.69 Å². The van der Waals surface area contributed by atoms with Crippen molar-refractivity contribution in [2.75, 3.05) is 10.8 Å². The molecule has 0 bridgehead atoms. The summed E-state index contributed by atoms with van der Waals surface area (Å²) in [6, 6.07) is 13.3. The molecule has 0 aliphatic carbocycles. The topological polar surface area (TPSA) is 80.5 Å². The third-order valence-electron chi connectivity index (χ3n) is 3.71. The number of hydrogen-bond acceptors (Lipinski definition) is 4. The molecule has 2 aromatic rings. The standard InChI is InChI=1S/C15H14N2O4S/c18-17(19)15-8-4-2-6-13(15)11-22(20,21)16-10-9-12-5-1-3-7-14(12)16/h1-8H,9-11H2. The Hall–Kier alpha value is -2.41. The molecule has 0 spiro atoms. The predicted molar refractivity (Wildman–Crippen MR) is 83.2 cm³/mol. The number of nitro benzene ring substituents is 1. The van der Waals surface area contributed by atoms with E-state index in [9.17, 15) is 18.5 Å². The molecular weight excluding hydrogens is 304 g/mol. The summed E-state index contributed by atoms with van der Waals surface area (Å²) in [5.74, 6) is -0.377. The minimum absolute atomic E-state index is 0.168. The quantitative estimate of drug-likeness (QED) is 0.640. The zero-order chi connectivity index (χ0) is 15.7. The Balaban J connectivity index is 1.95. The lowest BCUT2D eigenvalue weighted by atomic mass is 10.2. The van der Waals surface area contributed by atoms with Crippen LogP contribution in [-0.2, 0) is 22.2 Å². The summed E-state index contributed by atoms with van der Waals surface area (Å²) >= 11 is 0. The van der Waals surface area contributed by atoms with Crippen LogP contribution in [0.4, 0.5) is 11.4 Å². The molecule has 22 heavy (non-hydrogen) atoms. The van der Waals surface area contributed by atoms with Crippen LogP contribution < -0.4 is 4.31 Å². The van der Waals surface area contributed by atoms with Gasteiger partial charge >= 0.3 is 0 Å². The normalized spacial score (nSPS) is 13.9. The van der Waals surface area contributed by atoms with Crippen LogP contribution in [0.2, 0.25) is 0 Å². The van der Waals surface area contributed by atoms with Gasteiger partial charge in [0.2, 0.25) is 10.0 Å². The van der Waals surface area contributed by atoms with Gasteiger partial charge in [-0.15, -0.1) is 0 Å². The SMILES string of the molecule is O=[N+]([O-])c1ccccc1CS(=O)(=O)N1CCc2ccccc21. The number of anilines is 1. The van der Waals surface area contributed by atoms with E-state index in [0.29, 0.717) is 18.7 Å². The molecule has 0 unspecified atom stereocenters. The molecular formula is C15H14N2O4S. The molecule has 0 aromatic heterocycles. The predicted octanol–water partition coefficient (Wildman–Crippen LogP) is 2.49. The van der Waals surface area contributed by atoms with Crippen LogP contribution in [0, 0.1) is 10.1 Å². The van der Waals surface area contributed by atoms with Crippen molar-refractivity contribution in [1.29, 1.82) is 0 Å². The summed E-state index contributed by atoms with van der Waals surface area (Å²) in [6.45, 7) is 0.377. The Morgan fingerprint density at radius 2 is 1.77 bits per heavy atom. The van der Waals surface area contributed by atoms with Gasteiger partial charge in [-0.1, -0.05) is 36.4 Å². The molecule has 0 amide bonds. The average Bonchev–Trinajstić information content (AvgIpc) is 2.92. The first-order valence-electron chi connectivity index (χ1n) is 6.79. The molecule has 2 aromatic carbocycles. The van der Waals surface area contributed by atoms with Gasteiger partial charge in [0.15, 0.2) is 0 Å². The maximum atomic E-state index is 12.6. The second kappa shape index (κ2) is 5.42. The summed E-state index contributed by atoms with van der Waals surface area (Å²) in [4.78, 5) is 10.5. The summed E-state index contributed by atoms with van der Waals surface area (Å²) in [6.07, 6.45) is 0.659. The van der Waals surface area contributed by atoms with Gasteiger partial charge in [0, 0.05) is 18.2 Å². The fourth-order valence-corrected chi connectivity index (χ4v) is 4.32. The van der Waals surface area contributed by atoms with E-state index >= 15 is 0 Å². The van der Waals surface area contributed by atoms with E-state index < -0.39 is 14.9 Å². The third kappa shape index (κ3) is 2.55. The average molecular weight is 318 g/mol. The van der Waals surface area contributed by atoms with Crippen LogP contribution in [0.3, 0.4) is 0 Å². The number of fused-ring (bicyclic) bond motifs is 1. The molecule has 1 aliphatic heterocycles. The summed E-state index contributed by atoms with van der Waals surface area (Å²) in [5, 5.41) is 11.0. The highest BCUT2D eigenvalue weighted by Crippen LogP contribution is 2.32. The van der Waals surface area contributed by atoms with E-state index in [4.69, 9.17) is 0 Å². The van der Waals surface area contributed by atoms with E-state index in [1.54, 1.807) is 18.2 Å². The molecule has 7 heteroatoms. The highest BCUT2D eigenvalue weighted by molar-refractivity contribution is 7.92. The number of para-hydroxylation sites is 2. The lowest BCUT2D eigenvalue weighted by molar-refractivity contribution is -0.385. The third-order valence-corrected chi connectivity index (χ3v) is 5.43. The van der Waals surface area contributed by atoms with Crippen molar-refractivity contribution >= 4 is 21.4 Å². The number of nitro groups is 1. The fraction of sp³-hybridized carbons (Fsp3) is 0.200. The first-order chi connectivity index (χ1) is 10.5. The van der Waals surface area contributed by atoms with Gasteiger partial charge in [0.05, 0.1) is 10.6 Å². The first-order valence-corrected chi connectivity index (χ1v) is 8.40. The van der Waals surface area contributed by atoms with Crippen LogP contribution in [0.25, 0.3) is 0 Å². The van der Waals surface area contributed by atoms with Crippen LogP contribution in [0.15, 0.2) is 48.5 Å². The Bertz CT molecular complexity index is 833. The maximum absolute atomic E-state index is 12.6. The van der Waals surface area contributed by atoms with Crippen molar-refractivity contribution in [3.63, 3.8) is 0 Å². The molecule has 0 saturated heterocycles. The van der Waals surface area contributed by atoms with Crippen LogP contribution in [0.1, 0.15) is 11.1 Å². The van der Waals surface area contributed by atoms with Crippen LogP contribution >= 0.6 is 0 Å². The van der Waals surface area contributed by atoms with Gasteiger partial charge in [-0.25, -0.2) is 8.42 Å². The molecule has 3 rings (SSSR count). The Morgan fingerprint density at radius 1 is 1.09 bits per heavy atom. The molecule has 6 nitrogen and oxygen atoms in total. The highest BCUT2D eigenvalue weighted by Gasteiger charge is 2.30. The Labute approximate surface area is 128 Å². The Kier molecular flexibility index (Phi) is 3.58. The summed E-state index contributed by atoms with van der Waals surface area (Å²) in [5.41, 5.74) is 1.69. The van der Waals surface area contributed by atoms with Crippen molar-refractivity contribution in [3.8, 4) is 0 Å². The molecule has 0 N–H and O–H groups in total. The van der Waals surface area contributed by atoms with E-state index in [1.165, 1.54) is 22.5 Å². The van der Waals surface area contributed by atoms with E-state index in [-0.39, 0.29) is 17.0 Å². The molecule has 0 radical (unpaired) electrons. The molecule has 0 atom stereocenters. The number of rotatable bonds is 4. The van der Waals surface area contributed by atoms with Gasteiger partial charge in [-0.05, 0) is 18.1 Å². The van der Waals surface area contributed by atoms with Gasteiger partial charge in [-0.3, -0.25) is 14.4 Å². The van der Waals surface area contributed by atoms with Crippen molar-refractivity contribution < 1.29 is 13.3 Å². The van der Waals surface area contributed by atoms with E-state index in [2.05, 4.69) is 0 Å².